The van der Waals surface area contributed by atoms with Crippen LogP contribution in [0.4, 0.5) is 0 Å². The van der Waals surface area contributed by atoms with Crippen molar-refractivity contribution >= 4 is 11.8 Å². The molecule has 0 bridgehead atoms. The first kappa shape index (κ1) is 23.2. The number of ether oxygens (including phenoxy) is 1. The molecule has 0 spiro atoms. The van der Waals surface area contributed by atoms with E-state index < -0.39 is 18.3 Å². The Morgan fingerprint density at radius 1 is 1.10 bits per heavy atom. The zero-order valence-electron chi connectivity index (χ0n) is 17.0. The lowest BCUT2D eigenvalue weighted by molar-refractivity contribution is -0.134. The number of hydrogen-bond acceptors (Lipinski definition) is 7. The van der Waals surface area contributed by atoms with Gasteiger partial charge in [0, 0.05) is 51.6 Å². The third-order valence-corrected chi connectivity index (χ3v) is 5.06. The number of nitrogens with zero attached hydrogens (tertiary/aromatic N) is 3. The Hall–Kier alpha value is -2.07. The van der Waals surface area contributed by atoms with Crippen LogP contribution in [-0.4, -0.2) is 99.6 Å². The number of aliphatic hydroxyl groups excluding tert-OH is 3. The van der Waals surface area contributed by atoms with Gasteiger partial charge < -0.3 is 29.9 Å². The summed E-state index contributed by atoms with van der Waals surface area (Å²) in [5.74, 6) is -0.456. The van der Waals surface area contributed by atoms with Gasteiger partial charge in [-0.25, -0.2) is 0 Å². The summed E-state index contributed by atoms with van der Waals surface area (Å²) >= 11 is 0. The highest BCUT2D eigenvalue weighted by atomic mass is 16.5. The van der Waals surface area contributed by atoms with E-state index in [1.807, 2.05) is 0 Å². The SMILES string of the molecule is CC(=O)N1CCN(C(=O)c2cccnc2C)CCCCOC[C@@H](O)[C@H](O)[C@@H](O)C1. The summed E-state index contributed by atoms with van der Waals surface area (Å²) < 4.78 is 5.37. The molecular weight excluding hydrogens is 378 g/mol. The first-order valence-electron chi connectivity index (χ1n) is 9.89. The fourth-order valence-corrected chi connectivity index (χ4v) is 3.21. The van der Waals surface area contributed by atoms with E-state index in [4.69, 9.17) is 4.74 Å². The number of pyridine rings is 1. The van der Waals surface area contributed by atoms with Crippen LogP contribution in [0.5, 0.6) is 0 Å². The Labute approximate surface area is 170 Å². The molecule has 9 heteroatoms. The Morgan fingerprint density at radius 2 is 1.83 bits per heavy atom. The van der Waals surface area contributed by atoms with E-state index in [1.54, 1.807) is 30.2 Å². The van der Waals surface area contributed by atoms with Crippen LogP contribution in [0.3, 0.4) is 0 Å². The van der Waals surface area contributed by atoms with Gasteiger partial charge in [-0.05, 0) is 31.9 Å². The molecule has 1 aromatic rings. The maximum absolute atomic E-state index is 13.0. The molecule has 0 radical (unpaired) electrons. The second kappa shape index (κ2) is 11.2. The van der Waals surface area contributed by atoms with Crippen LogP contribution >= 0.6 is 0 Å². The Balaban J connectivity index is 2.17. The molecule has 0 aliphatic carbocycles. The van der Waals surface area contributed by atoms with Crippen LogP contribution in [0.1, 0.15) is 35.8 Å². The lowest BCUT2D eigenvalue weighted by atomic mass is 10.1. The lowest BCUT2D eigenvalue weighted by Gasteiger charge is -2.31. The van der Waals surface area contributed by atoms with Crippen molar-refractivity contribution in [3.63, 3.8) is 0 Å². The smallest absolute Gasteiger partial charge is 0.255 e. The summed E-state index contributed by atoms with van der Waals surface area (Å²) in [7, 11) is 0. The van der Waals surface area contributed by atoms with Gasteiger partial charge in [0.2, 0.25) is 5.91 Å². The molecular formula is C20H31N3O6. The van der Waals surface area contributed by atoms with Gasteiger partial charge in [-0.1, -0.05) is 0 Å². The topological polar surface area (TPSA) is 123 Å². The molecule has 9 nitrogen and oxygen atoms in total. The average Bonchev–Trinajstić information content (AvgIpc) is 2.69. The van der Waals surface area contributed by atoms with Crippen LogP contribution in [-0.2, 0) is 9.53 Å². The van der Waals surface area contributed by atoms with Gasteiger partial charge in [-0.15, -0.1) is 0 Å². The normalized spacial score (nSPS) is 25.3. The van der Waals surface area contributed by atoms with E-state index in [2.05, 4.69) is 4.98 Å². The predicted molar refractivity (Wildman–Crippen MR) is 105 cm³/mol. The van der Waals surface area contributed by atoms with Crippen LogP contribution < -0.4 is 0 Å². The van der Waals surface area contributed by atoms with Crippen molar-refractivity contribution in [3.8, 4) is 0 Å². The molecule has 162 valence electrons. The van der Waals surface area contributed by atoms with Crippen LogP contribution in [0, 0.1) is 6.92 Å². The molecule has 3 N–H and O–H groups in total. The minimum Gasteiger partial charge on any atom is -0.388 e. The van der Waals surface area contributed by atoms with Crippen molar-refractivity contribution in [2.24, 2.45) is 0 Å². The van der Waals surface area contributed by atoms with Gasteiger partial charge in [0.05, 0.1) is 12.2 Å². The lowest BCUT2D eigenvalue weighted by Crippen LogP contribution is -2.49. The van der Waals surface area contributed by atoms with E-state index in [1.165, 1.54) is 11.8 Å². The Bertz CT molecular complexity index is 686. The summed E-state index contributed by atoms with van der Waals surface area (Å²) in [6.45, 7) is 4.20. The largest absolute Gasteiger partial charge is 0.388 e. The van der Waals surface area contributed by atoms with Crippen molar-refractivity contribution in [3.05, 3.63) is 29.6 Å². The summed E-state index contributed by atoms with van der Waals surface area (Å²) in [6, 6.07) is 3.44. The third-order valence-electron chi connectivity index (χ3n) is 5.06. The zero-order chi connectivity index (χ0) is 21.4. The molecule has 29 heavy (non-hydrogen) atoms. The molecule has 0 saturated carbocycles. The van der Waals surface area contributed by atoms with Crippen molar-refractivity contribution < 1.29 is 29.6 Å². The fraction of sp³-hybridized carbons (Fsp3) is 0.650. The predicted octanol–water partition coefficient (Wildman–Crippen LogP) is -0.426. The number of β-amino-alcohol motifs (C(OH)–C–C–N with tert-alkyl or cyclic N) is 1. The van der Waals surface area contributed by atoms with Gasteiger partial charge in [0.1, 0.15) is 18.3 Å². The molecule has 2 rings (SSSR count). The van der Waals surface area contributed by atoms with E-state index in [9.17, 15) is 24.9 Å². The molecule has 1 aliphatic rings. The Kier molecular flexibility index (Phi) is 8.97. The molecule has 3 atom stereocenters. The molecule has 0 unspecified atom stereocenters. The number of rotatable bonds is 1. The summed E-state index contributed by atoms with van der Waals surface area (Å²) in [5.41, 5.74) is 1.15. The monoisotopic (exact) mass is 409 g/mol. The summed E-state index contributed by atoms with van der Waals surface area (Å²) in [4.78, 5) is 32.2. The summed E-state index contributed by atoms with van der Waals surface area (Å²) in [6.07, 6.45) is -1.02. The first-order valence-corrected chi connectivity index (χ1v) is 9.89. The van der Waals surface area contributed by atoms with Gasteiger partial charge in [-0.2, -0.15) is 0 Å². The van der Waals surface area contributed by atoms with E-state index in [0.717, 1.165) is 0 Å². The van der Waals surface area contributed by atoms with E-state index in [0.29, 0.717) is 37.3 Å². The second-order valence-electron chi connectivity index (χ2n) is 7.30. The quantitative estimate of drug-likeness (QED) is 0.575. The molecule has 1 aromatic heterocycles. The van der Waals surface area contributed by atoms with Crippen LogP contribution in [0.2, 0.25) is 0 Å². The highest BCUT2D eigenvalue weighted by Crippen LogP contribution is 2.11. The molecule has 1 fully saturated rings. The second-order valence-corrected chi connectivity index (χ2v) is 7.30. The minimum absolute atomic E-state index is 0.115. The maximum Gasteiger partial charge on any atom is 0.255 e. The van der Waals surface area contributed by atoms with Gasteiger partial charge in [-0.3, -0.25) is 14.6 Å². The first-order chi connectivity index (χ1) is 13.8. The highest BCUT2D eigenvalue weighted by molar-refractivity contribution is 5.95. The number of hydrogen-bond donors (Lipinski definition) is 3. The maximum atomic E-state index is 13.0. The molecule has 2 amide bonds. The van der Waals surface area contributed by atoms with Crippen LogP contribution in [0.15, 0.2) is 18.3 Å². The number of amides is 2. The van der Waals surface area contributed by atoms with Gasteiger partial charge in [0.15, 0.2) is 0 Å². The molecule has 1 saturated heterocycles. The van der Waals surface area contributed by atoms with Gasteiger partial charge >= 0.3 is 0 Å². The van der Waals surface area contributed by atoms with Crippen molar-refractivity contribution in [1.82, 2.24) is 14.8 Å². The third kappa shape index (κ3) is 6.74. The Morgan fingerprint density at radius 3 is 2.52 bits per heavy atom. The number of carbonyl (C=O) groups is 2. The fourth-order valence-electron chi connectivity index (χ4n) is 3.21. The molecule has 2 heterocycles. The highest BCUT2D eigenvalue weighted by Gasteiger charge is 2.28. The molecule has 0 aromatic carbocycles. The average molecular weight is 409 g/mol. The number of aryl methyl sites for hydroxylation is 1. The van der Waals surface area contributed by atoms with E-state index >= 15 is 0 Å². The standard InChI is InChI=1S/C20H31N3O6/c1-14-16(6-5-7-21-14)20(28)22-8-3-4-11-29-13-18(26)19(27)17(25)12-23(10-9-22)15(2)24/h5-7,17-19,25-27H,3-4,8-13H2,1-2H3/t17-,18+,19+/m0/s1. The van der Waals surface area contributed by atoms with Crippen molar-refractivity contribution in [2.75, 3.05) is 39.4 Å². The van der Waals surface area contributed by atoms with Crippen molar-refractivity contribution in [2.45, 2.75) is 45.0 Å². The number of aromatic nitrogens is 1. The van der Waals surface area contributed by atoms with E-state index in [-0.39, 0.29) is 38.1 Å². The van der Waals surface area contributed by atoms with Crippen molar-refractivity contribution in [1.29, 1.82) is 0 Å². The number of carbonyl (C=O) groups excluding carboxylic acids is 2. The van der Waals surface area contributed by atoms with Crippen LogP contribution in [0.25, 0.3) is 0 Å². The summed E-state index contributed by atoms with van der Waals surface area (Å²) in [5, 5.41) is 30.3. The minimum atomic E-state index is -1.43. The number of aliphatic hydroxyl groups is 3. The zero-order valence-corrected chi connectivity index (χ0v) is 17.0. The van der Waals surface area contributed by atoms with Gasteiger partial charge in [0.25, 0.3) is 5.91 Å². The molecule has 1 aliphatic heterocycles.